The molecule has 4 rings (SSSR count). The van der Waals surface area contributed by atoms with E-state index in [1.165, 1.54) is 0 Å². The average Bonchev–Trinajstić information content (AvgIpc) is 3.13. The number of thiazole rings is 1. The van der Waals surface area contributed by atoms with Crippen molar-refractivity contribution in [2.45, 2.75) is 26.3 Å². The molecule has 6 nitrogen and oxygen atoms in total. The van der Waals surface area contributed by atoms with E-state index in [4.69, 9.17) is 4.42 Å². The van der Waals surface area contributed by atoms with Crippen LogP contribution in [-0.2, 0) is 11.3 Å². The van der Waals surface area contributed by atoms with E-state index in [1.54, 1.807) is 22.0 Å². The summed E-state index contributed by atoms with van der Waals surface area (Å²) in [6.45, 7) is 2.40. The Morgan fingerprint density at radius 3 is 3.00 bits per heavy atom. The summed E-state index contributed by atoms with van der Waals surface area (Å²) < 4.78 is 7.81. The minimum Gasteiger partial charge on any atom is -0.408 e. The Kier molecular flexibility index (Phi) is 4.30. The summed E-state index contributed by atoms with van der Waals surface area (Å²) in [6.07, 6.45) is 0.878. The van der Waals surface area contributed by atoms with E-state index in [9.17, 15) is 9.59 Å². The number of fused-ring (bicyclic) bond motifs is 2. The van der Waals surface area contributed by atoms with Gasteiger partial charge in [-0.2, -0.15) is 0 Å². The van der Waals surface area contributed by atoms with Crippen LogP contribution in [0.5, 0.6) is 0 Å². The van der Waals surface area contributed by atoms with Crippen molar-refractivity contribution in [2.75, 3.05) is 5.32 Å². The van der Waals surface area contributed by atoms with Gasteiger partial charge in [0, 0.05) is 18.7 Å². The van der Waals surface area contributed by atoms with Gasteiger partial charge in [-0.1, -0.05) is 12.1 Å². The van der Waals surface area contributed by atoms with Crippen molar-refractivity contribution in [2.24, 2.45) is 0 Å². The number of oxazole rings is 1. The summed E-state index contributed by atoms with van der Waals surface area (Å²) in [5.41, 5.74) is 3.02. The lowest BCUT2D eigenvalue weighted by Crippen LogP contribution is -2.17. The molecule has 132 valence electrons. The van der Waals surface area contributed by atoms with Gasteiger partial charge in [0.05, 0.1) is 20.7 Å². The first-order valence-corrected chi connectivity index (χ1v) is 9.17. The van der Waals surface area contributed by atoms with Crippen LogP contribution in [0.15, 0.2) is 51.7 Å². The number of benzene rings is 2. The molecule has 2 aromatic heterocycles. The summed E-state index contributed by atoms with van der Waals surface area (Å²) >= 11 is 1.60. The number of carbonyl (C=O) groups is 1. The summed E-state index contributed by atoms with van der Waals surface area (Å²) in [7, 11) is 0. The Balaban J connectivity index is 1.38. The van der Waals surface area contributed by atoms with Crippen LogP contribution in [0.4, 0.5) is 5.69 Å². The highest BCUT2D eigenvalue weighted by Crippen LogP contribution is 2.24. The van der Waals surface area contributed by atoms with Gasteiger partial charge in [-0.15, -0.1) is 11.3 Å². The molecule has 0 aliphatic heterocycles. The monoisotopic (exact) mass is 367 g/mol. The van der Waals surface area contributed by atoms with Crippen molar-refractivity contribution in [3.63, 3.8) is 0 Å². The van der Waals surface area contributed by atoms with E-state index in [0.29, 0.717) is 25.0 Å². The van der Waals surface area contributed by atoms with E-state index < -0.39 is 5.76 Å². The number of anilines is 1. The first-order chi connectivity index (χ1) is 12.6. The van der Waals surface area contributed by atoms with Crippen molar-refractivity contribution in [1.29, 1.82) is 0 Å². The zero-order valence-corrected chi connectivity index (χ0v) is 15.0. The summed E-state index contributed by atoms with van der Waals surface area (Å²) in [5.74, 6) is -0.468. The van der Waals surface area contributed by atoms with E-state index in [2.05, 4.69) is 10.3 Å². The van der Waals surface area contributed by atoms with Crippen molar-refractivity contribution >= 4 is 44.2 Å². The quantitative estimate of drug-likeness (QED) is 0.580. The molecule has 0 saturated heterocycles. The largest absolute Gasteiger partial charge is 0.419 e. The molecule has 0 saturated carbocycles. The standard InChI is InChI=1S/C19H17N3O3S/c1-12-20-14-9-8-13(11-17(14)26-12)21-18(23)7-4-10-22-15-5-2-3-6-16(15)25-19(22)24/h2-3,5-6,8-9,11H,4,7,10H2,1H3,(H,21,23). The number of hydrogen-bond acceptors (Lipinski definition) is 5. The van der Waals surface area contributed by atoms with E-state index in [0.717, 1.165) is 26.4 Å². The Morgan fingerprint density at radius 1 is 1.27 bits per heavy atom. The van der Waals surface area contributed by atoms with Crippen molar-refractivity contribution in [3.05, 3.63) is 58.0 Å². The maximum absolute atomic E-state index is 12.2. The number of nitrogens with zero attached hydrogens (tertiary/aromatic N) is 2. The summed E-state index contributed by atoms with van der Waals surface area (Å²) in [6, 6.07) is 13.0. The number of nitrogens with one attached hydrogen (secondary N) is 1. The highest BCUT2D eigenvalue weighted by Gasteiger charge is 2.10. The van der Waals surface area contributed by atoms with Gasteiger partial charge in [0.2, 0.25) is 5.91 Å². The third kappa shape index (κ3) is 3.25. The molecule has 0 bridgehead atoms. The van der Waals surface area contributed by atoms with Crippen LogP contribution in [0.25, 0.3) is 21.3 Å². The smallest absolute Gasteiger partial charge is 0.408 e. The summed E-state index contributed by atoms with van der Waals surface area (Å²) in [4.78, 5) is 28.5. The van der Waals surface area contributed by atoms with Gasteiger partial charge in [0.15, 0.2) is 5.58 Å². The van der Waals surface area contributed by atoms with Gasteiger partial charge >= 0.3 is 5.76 Å². The number of para-hydroxylation sites is 2. The number of aryl methyl sites for hydroxylation is 2. The lowest BCUT2D eigenvalue weighted by Gasteiger charge is -2.06. The molecule has 26 heavy (non-hydrogen) atoms. The van der Waals surface area contributed by atoms with Crippen molar-refractivity contribution < 1.29 is 9.21 Å². The molecule has 1 N–H and O–H groups in total. The van der Waals surface area contributed by atoms with Gasteiger partial charge in [0.1, 0.15) is 0 Å². The molecule has 7 heteroatoms. The molecule has 2 aromatic carbocycles. The first-order valence-electron chi connectivity index (χ1n) is 8.35. The Bertz CT molecular complexity index is 1160. The second-order valence-electron chi connectivity index (χ2n) is 6.05. The van der Waals surface area contributed by atoms with Crippen LogP contribution < -0.4 is 11.1 Å². The molecule has 0 spiro atoms. The fourth-order valence-electron chi connectivity index (χ4n) is 2.96. The van der Waals surface area contributed by atoms with Gasteiger partial charge in [0.25, 0.3) is 0 Å². The van der Waals surface area contributed by atoms with Crippen LogP contribution in [0.2, 0.25) is 0 Å². The predicted octanol–water partition coefficient (Wildman–Crippen LogP) is 3.93. The van der Waals surface area contributed by atoms with Gasteiger partial charge in [-0.3, -0.25) is 9.36 Å². The molecule has 0 radical (unpaired) electrons. The molecule has 2 heterocycles. The number of amides is 1. The molecule has 0 unspecified atom stereocenters. The van der Waals surface area contributed by atoms with E-state index in [-0.39, 0.29) is 5.91 Å². The molecule has 0 atom stereocenters. The molecule has 0 aliphatic carbocycles. The Labute approximate surface area is 153 Å². The fourth-order valence-corrected chi connectivity index (χ4v) is 3.83. The average molecular weight is 367 g/mol. The fraction of sp³-hybridized carbons (Fsp3) is 0.211. The molecular weight excluding hydrogens is 350 g/mol. The second-order valence-corrected chi connectivity index (χ2v) is 7.29. The number of hydrogen-bond donors (Lipinski definition) is 1. The number of aromatic nitrogens is 2. The van der Waals surface area contributed by atoms with Gasteiger partial charge in [-0.25, -0.2) is 9.78 Å². The number of rotatable bonds is 5. The van der Waals surface area contributed by atoms with Crippen LogP contribution in [0, 0.1) is 6.92 Å². The lowest BCUT2D eigenvalue weighted by molar-refractivity contribution is -0.116. The van der Waals surface area contributed by atoms with Crippen LogP contribution >= 0.6 is 11.3 Å². The highest BCUT2D eigenvalue weighted by atomic mass is 32.1. The molecule has 4 aromatic rings. The maximum atomic E-state index is 12.2. The van der Waals surface area contributed by atoms with Crippen molar-refractivity contribution in [3.8, 4) is 0 Å². The predicted molar refractivity (Wildman–Crippen MR) is 103 cm³/mol. The third-order valence-electron chi connectivity index (χ3n) is 4.14. The van der Waals surface area contributed by atoms with Gasteiger partial charge < -0.3 is 9.73 Å². The minimum absolute atomic E-state index is 0.0774. The zero-order valence-electron chi connectivity index (χ0n) is 14.2. The Hall–Kier alpha value is -2.93. The minimum atomic E-state index is -0.391. The zero-order chi connectivity index (χ0) is 18.1. The van der Waals surface area contributed by atoms with Crippen LogP contribution in [0.3, 0.4) is 0 Å². The van der Waals surface area contributed by atoms with Gasteiger partial charge in [-0.05, 0) is 43.7 Å². The molecular formula is C19H17N3O3S. The van der Waals surface area contributed by atoms with Crippen LogP contribution in [0.1, 0.15) is 17.8 Å². The van der Waals surface area contributed by atoms with Crippen LogP contribution in [-0.4, -0.2) is 15.5 Å². The highest BCUT2D eigenvalue weighted by molar-refractivity contribution is 7.18. The second kappa shape index (κ2) is 6.76. The normalized spacial score (nSPS) is 11.3. The Morgan fingerprint density at radius 2 is 2.12 bits per heavy atom. The van der Waals surface area contributed by atoms with Crippen molar-refractivity contribution in [1.82, 2.24) is 9.55 Å². The first kappa shape index (κ1) is 16.5. The lowest BCUT2D eigenvalue weighted by atomic mass is 10.2. The van der Waals surface area contributed by atoms with E-state index in [1.807, 2.05) is 43.3 Å². The third-order valence-corrected chi connectivity index (χ3v) is 5.07. The maximum Gasteiger partial charge on any atom is 0.419 e. The molecule has 1 amide bonds. The SMILES string of the molecule is Cc1nc2ccc(NC(=O)CCCn3c(=O)oc4ccccc43)cc2s1. The van der Waals surface area contributed by atoms with E-state index >= 15 is 0 Å². The topological polar surface area (TPSA) is 77.1 Å². The molecule has 0 fully saturated rings. The summed E-state index contributed by atoms with van der Waals surface area (Å²) in [5, 5.41) is 3.91. The number of carbonyl (C=O) groups excluding carboxylic acids is 1. The molecule has 0 aliphatic rings.